The van der Waals surface area contributed by atoms with E-state index in [-0.39, 0.29) is 18.4 Å². The predicted molar refractivity (Wildman–Crippen MR) is 50.4 cm³/mol. The molecule has 0 aromatic rings. The van der Waals surface area contributed by atoms with Gasteiger partial charge in [0.25, 0.3) is 0 Å². The first-order chi connectivity index (χ1) is 6.65. The first-order valence-electron chi connectivity index (χ1n) is 4.60. The Morgan fingerprint density at radius 3 is 2.79 bits per heavy atom. The maximum absolute atomic E-state index is 11.1. The summed E-state index contributed by atoms with van der Waals surface area (Å²) in [6, 6.07) is -0.242. The highest BCUT2D eigenvalue weighted by atomic mass is 16.4. The van der Waals surface area contributed by atoms with Crippen molar-refractivity contribution >= 4 is 11.9 Å². The van der Waals surface area contributed by atoms with Crippen LogP contribution < -0.4 is 5.32 Å². The van der Waals surface area contributed by atoms with Crippen molar-refractivity contribution in [1.82, 2.24) is 5.32 Å². The van der Waals surface area contributed by atoms with Gasteiger partial charge in [-0.15, -0.1) is 6.42 Å². The molecular weight excluding hydrogens is 182 g/mol. The van der Waals surface area contributed by atoms with E-state index in [1.165, 1.54) is 0 Å². The molecule has 0 radical (unpaired) electrons. The average Bonchev–Trinajstić information content (AvgIpc) is 2.52. The lowest BCUT2D eigenvalue weighted by Crippen LogP contribution is -2.39. The van der Waals surface area contributed by atoms with E-state index in [2.05, 4.69) is 11.2 Å². The molecule has 0 spiro atoms. The largest absolute Gasteiger partial charge is 0.481 e. The first-order valence-corrected chi connectivity index (χ1v) is 4.60. The fourth-order valence-corrected chi connectivity index (χ4v) is 1.78. The van der Waals surface area contributed by atoms with Crippen molar-refractivity contribution < 1.29 is 14.7 Å². The third-order valence-electron chi connectivity index (χ3n) is 2.44. The van der Waals surface area contributed by atoms with Gasteiger partial charge < -0.3 is 10.4 Å². The van der Waals surface area contributed by atoms with Crippen LogP contribution in [0.4, 0.5) is 0 Å². The van der Waals surface area contributed by atoms with E-state index in [0.717, 1.165) is 12.8 Å². The molecule has 0 aromatic heterocycles. The van der Waals surface area contributed by atoms with Crippen LogP contribution >= 0.6 is 0 Å². The number of nitrogens with one attached hydrogen (secondary N) is 1. The predicted octanol–water partition coefficient (Wildman–Crippen LogP) is 0.379. The Hall–Kier alpha value is -1.50. The van der Waals surface area contributed by atoms with E-state index < -0.39 is 11.9 Å². The van der Waals surface area contributed by atoms with Gasteiger partial charge in [-0.05, 0) is 12.8 Å². The molecule has 2 N–H and O–H groups in total. The third kappa shape index (κ3) is 2.49. The maximum Gasteiger partial charge on any atom is 0.308 e. The molecule has 1 aliphatic rings. The maximum atomic E-state index is 11.1. The van der Waals surface area contributed by atoms with Gasteiger partial charge in [-0.1, -0.05) is 12.3 Å². The van der Waals surface area contributed by atoms with E-state index in [0.29, 0.717) is 6.42 Å². The molecule has 0 aliphatic heterocycles. The van der Waals surface area contributed by atoms with Crippen LogP contribution in [0.25, 0.3) is 0 Å². The highest BCUT2D eigenvalue weighted by molar-refractivity contribution is 5.80. The normalized spacial score (nSPS) is 25.4. The van der Waals surface area contributed by atoms with Crippen LogP contribution in [0.2, 0.25) is 0 Å². The van der Waals surface area contributed by atoms with Crippen molar-refractivity contribution in [2.24, 2.45) is 5.92 Å². The molecule has 14 heavy (non-hydrogen) atoms. The molecule has 0 aromatic carbocycles. The highest BCUT2D eigenvalue weighted by Crippen LogP contribution is 2.25. The van der Waals surface area contributed by atoms with Gasteiger partial charge in [-0.25, -0.2) is 0 Å². The summed E-state index contributed by atoms with van der Waals surface area (Å²) in [5, 5.41) is 11.5. The van der Waals surface area contributed by atoms with Crippen molar-refractivity contribution in [3.63, 3.8) is 0 Å². The molecule has 1 rings (SSSR count). The number of hydrogen-bond donors (Lipinski definition) is 2. The van der Waals surface area contributed by atoms with Crippen LogP contribution in [-0.4, -0.2) is 23.0 Å². The number of carbonyl (C=O) groups is 2. The Morgan fingerprint density at radius 2 is 2.21 bits per heavy atom. The number of terminal acetylenes is 1. The highest BCUT2D eigenvalue weighted by Gasteiger charge is 2.33. The van der Waals surface area contributed by atoms with Crippen molar-refractivity contribution in [2.45, 2.75) is 31.7 Å². The Balaban J connectivity index is 2.48. The van der Waals surface area contributed by atoms with E-state index in [9.17, 15) is 9.59 Å². The van der Waals surface area contributed by atoms with Crippen LogP contribution in [0, 0.1) is 18.3 Å². The van der Waals surface area contributed by atoms with E-state index in [1.54, 1.807) is 0 Å². The zero-order valence-electron chi connectivity index (χ0n) is 7.82. The fraction of sp³-hybridized carbons (Fsp3) is 0.600. The third-order valence-corrected chi connectivity index (χ3v) is 2.44. The summed E-state index contributed by atoms with van der Waals surface area (Å²) in [6.45, 7) is 0. The molecule has 0 bridgehead atoms. The van der Waals surface area contributed by atoms with Crippen LogP contribution in [0.15, 0.2) is 0 Å². The van der Waals surface area contributed by atoms with Gasteiger partial charge in [0, 0.05) is 6.04 Å². The molecule has 4 heteroatoms. The minimum atomic E-state index is -0.839. The minimum Gasteiger partial charge on any atom is -0.481 e. The lowest BCUT2D eigenvalue weighted by Gasteiger charge is -2.16. The van der Waals surface area contributed by atoms with Crippen LogP contribution in [0.5, 0.6) is 0 Å². The molecule has 1 fully saturated rings. The standard InChI is InChI=1S/C10H13NO3/c1-2-4-9(12)11-8-6-3-5-7(8)10(13)14/h1,7-8H,3-6H2,(H,11,12)(H,13,14). The zero-order valence-corrected chi connectivity index (χ0v) is 7.82. The molecular formula is C10H13NO3. The number of aliphatic carboxylic acids is 1. The lowest BCUT2D eigenvalue weighted by atomic mass is 10.0. The van der Waals surface area contributed by atoms with E-state index in [4.69, 9.17) is 11.5 Å². The number of carbonyl (C=O) groups excluding carboxylic acids is 1. The number of carboxylic acid groups (broad SMARTS) is 1. The van der Waals surface area contributed by atoms with Gasteiger partial charge in [-0.2, -0.15) is 0 Å². The van der Waals surface area contributed by atoms with Crippen LogP contribution in [0.1, 0.15) is 25.7 Å². The Labute approximate surface area is 82.7 Å². The van der Waals surface area contributed by atoms with Crippen molar-refractivity contribution in [3.05, 3.63) is 0 Å². The van der Waals surface area contributed by atoms with Crippen molar-refractivity contribution in [1.29, 1.82) is 0 Å². The second-order valence-corrected chi connectivity index (χ2v) is 3.43. The molecule has 2 atom stereocenters. The Bertz CT molecular complexity index is 280. The molecule has 1 amide bonds. The molecule has 1 aliphatic carbocycles. The summed E-state index contributed by atoms with van der Waals surface area (Å²) < 4.78 is 0. The Morgan fingerprint density at radius 1 is 1.50 bits per heavy atom. The molecule has 4 nitrogen and oxygen atoms in total. The molecule has 0 heterocycles. The summed E-state index contributed by atoms with van der Waals surface area (Å²) in [5.41, 5.74) is 0. The minimum absolute atomic E-state index is 0.0167. The summed E-state index contributed by atoms with van der Waals surface area (Å²) in [4.78, 5) is 21.9. The SMILES string of the molecule is C#CCC(=O)NC1CCCC1C(=O)O. The number of hydrogen-bond acceptors (Lipinski definition) is 2. The lowest BCUT2D eigenvalue weighted by molar-refractivity contribution is -0.142. The quantitative estimate of drug-likeness (QED) is 0.640. The molecule has 2 unspecified atom stereocenters. The second-order valence-electron chi connectivity index (χ2n) is 3.43. The summed E-state index contributed by atoms with van der Waals surface area (Å²) in [5.74, 6) is 0.681. The van der Waals surface area contributed by atoms with Crippen LogP contribution in [0.3, 0.4) is 0 Å². The monoisotopic (exact) mass is 195 g/mol. The molecule has 76 valence electrons. The first kappa shape index (κ1) is 10.6. The van der Waals surface area contributed by atoms with Crippen molar-refractivity contribution in [3.8, 4) is 12.3 Å². The fourth-order valence-electron chi connectivity index (χ4n) is 1.78. The van der Waals surface area contributed by atoms with Gasteiger partial charge in [0.15, 0.2) is 0 Å². The zero-order chi connectivity index (χ0) is 10.6. The summed E-state index contributed by atoms with van der Waals surface area (Å²) in [6.07, 6.45) is 7.20. The Kier molecular flexibility index (Phi) is 3.52. The second kappa shape index (κ2) is 4.66. The topological polar surface area (TPSA) is 66.4 Å². The van der Waals surface area contributed by atoms with Crippen LogP contribution in [-0.2, 0) is 9.59 Å². The van der Waals surface area contributed by atoms with E-state index >= 15 is 0 Å². The summed E-state index contributed by atoms with van der Waals surface area (Å²) in [7, 11) is 0. The number of carboxylic acids is 1. The van der Waals surface area contributed by atoms with Gasteiger partial charge >= 0.3 is 5.97 Å². The average molecular weight is 195 g/mol. The summed E-state index contributed by atoms with van der Waals surface area (Å²) >= 11 is 0. The number of amides is 1. The smallest absolute Gasteiger partial charge is 0.308 e. The van der Waals surface area contributed by atoms with Gasteiger partial charge in [0.05, 0.1) is 12.3 Å². The van der Waals surface area contributed by atoms with Gasteiger partial charge in [-0.3, -0.25) is 9.59 Å². The number of rotatable bonds is 3. The van der Waals surface area contributed by atoms with E-state index in [1.807, 2.05) is 0 Å². The van der Waals surface area contributed by atoms with Gasteiger partial charge in [0.1, 0.15) is 0 Å². The van der Waals surface area contributed by atoms with Gasteiger partial charge in [0.2, 0.25) is 5.91 Å². The molecule has 1 saturated carbocycles. The molecule has 0 saturated heterocycles. The van der Waals surface area contributed by atoms with Crippen molar-refractivity contribution in [2.75, 3.05) is 0 Å².